The maximum atomic E-state index is 12.5. The minimum atomic E-state index is 0.0857. The number of nitrogens with zero attached hydrogens (tertiary/aromatic N) is 3. The third kappa shape index (κ3) is 4.31. The van der Waals surface area contributed by atoms with Crippen LogP contribution in [0, 0.1) is 0 Å². The molecular formula is C22H27ClN4O. The van der Waals surface area contributed by atoms with E-state index >= 15 is 0 Å². The van der Waals surface area contributed by atoms with E-state index in [4.69, 9.17) is 11.6 Å². The lowest BCUT2D eigenvalue weighted by atomic mass is 10.1. The van der Waals surface area contributed by atoms with Gasteiger partial charge in [0.15, 0.2) is 0 Å². The summed E-state index contributed by atoms with van der Waals surface area (Å²) < 4.78 is 0. The van der Waals surface area contributed by atoms with Crippen LogP contribution in [0.25, 0.3) is 0 Å². The van der Waals surface area contributed by atoms with Gasteiger partial charge in [-0.3, -0.25) is 9.69 Å². The quantitative estimate of drug-likeness (QED) is 0.791. The molecule has 6 heteroatoms. The predicted octanol–water partition coefficient (Wildman–Crippen LogP) is 4.22. The molecule has 2 saturated heterocycles. The maximum absolute atomic E-state index is 12.5. The van der Waals surface area contributed by atoms with Crippen LogP contribution < -0.4 is 5.32 Å². The van der Waals surface area contributed by atoms with Crippen molar-refractivity contribution in [2.75, 3.05) is 38.0 Å². The Hall–Kier alpha value is -2.11. The number of nitrogens with one attached hydrogen (secondary N) is 1. The normalized spacial score (nSPS) is 18.4. The molecule has 2 aliphatic heterocycles. The van der Waals surface area contributed by atoms with Crippen molar-refractivity contribution >= 4 is 23.3 Å². The summed E-state index contributed by atoms with van der Waals surface area (Å²) in [5, 5.41) is 4.25. The zero-order chi connectivity index (χ0) is 19.3. The molecule has 1 atom stereocenters. The topological polar surface area (TPSA) is 48.5 Å². The minimum absolute atomic E-state index is 0.0857. The van der Waals surface area contributed by atoms with Crippen molar-refractivity contribution in [2.45, 2.75) is 31.7 Å². The average molecular weight is 399 g/mol. The molecule has 1 aromatic heterocycles. The van der Waals surface area contributed by atoms with E-state index < -0.39 is 0 Å². The van der Waals surface area contributed by atoms with E-state index in [2.05, 4.69) is 21.3 Å². The first-order valence-corrected chi connectivity index (χ1v) is 10.6. The fraction of sp³-hybridized carbons (Fsp3) is 0.455. The number of hydrogen-bond acceptors (Lipinski definition) is 4. The molecule has 2 fully saturated rings. The molecule has 1 N–H and O–H groups in total. The van der Waals surface area contributed by atoms with Gasteiger partial charge in [-0.05, 0) is 62.5 Å². The van der Waals surface area contributed by atoms with Gasteiger partial charge in [0.2, 0.25) is 0 Å². The summed E-state index contributed by atoms with van der Waals surface area (Å²) in [5.41, 5.74) is 1.81. The number of rotatable bonds is 6. The molecule has 0 saturated carbocycles. The maximum Gasteiger partial charge on any atom is 0.255 e. The SMILES string of the molecule is O=C(c1ccc(NCC(c2ccccc2Cl)N2CCCC2)nc1)N1CCCC1. The van der Waals surface area contributed by atoms with Crippen LogP contribution in [-0.4, -0.2) is 53.4 Å². The van der Waals surface area contributed by atoms with Gasteiger partial charge in [-0.15, -0.1) is 0 Å². The summed E-state index contributed by atoms with van der Waals surface area (Å²) in [7, 11) is 0. The first-order chi connectivity index (χ1) is 13.7. The summed E-state index contributed by atoms with van der Waals surface area (Å²) in [4.78, 5) is 21.3. The van der Waals surface area contributed by atoms with Crippen molar-refractivity contribution in [1.82, 2.24) is 14.8 Å². The molecule has 0 spiro atoms. The second-order valence-corrected chi connectivity index (χ2v) is 8.00. The standard InChI is InChI=1S/C22H27ClN4O/c23-19-8-2-1-7-18(19)20(26-11-3-4-12-26)16-25-21-10-9-17(15-24-21)22(28)27-13-5-6-14-27/h1-2,7-10,15,20H,3-6,11-14,16H2,(H,24,25). The number of anilines is 1. The van der Waals surface area contributed by atoms with E-state index in [1.165, 1.54) is 12.8 Å². The van der Waals surface area contributed by atoms with Crippen LogP contribution in [0.15, 0.2) is 42.6 Å². The number of benzene rings is 1. The number of hydrogen-bond donors (Lipinski definition) is 1. The van der Waals surface area contributed by atoms with Gasteiger partial charge in [0.05, 0.1) is 11.6 Å². The number of pyridine rings is 1. The fourth-order valence-electron chi connectivity index (χ4n) is 4.16. The first-order valence-electron chi connectivity index (χ1n) is 10.2. The Kier molecular flexibility index (Phi) is 6.13. The summed E-state index contributed by atoms with van der Waals surface area (Å²) in [6, 6.07) is 12.1. The molecule has 148 valence electrons. The molecule has 0 radical (unpaired) electrons. The average Bonchev–Trinajstić information content (AvgIpc) is 3.44. The lowest BCUT2D eigenvalue weighted by Gasteiger charge is -2.29. The van der Waals surface area contributed by atoms with Crippen LogP contribution in [-0.2, 0) is 0 Å². The van der Waals surface area contributed by atoms with Crippen LogP contribution in [0.3, 0.4) is 0 Å². The van der Waals surface area contributed by atoms with Gasteiger partial charge in [-0.1, -0.05) is 29.8 Å². The highest BCUT2D eigenvalue weighted by atomic mass is 35.5. The third-order valence-electron chi connectivity index (χ3n) is 5.73. The fourth-order valence-corrected chi connectivity index (χ4v) is 4.43. The molecule has 1 aromatic carbocycles. The summed E-state index contributed by atoms with van der Waals surface area (Å²) in [5.74, 6) is 0.872. The number of carbonyl (C=O) groups is 1. The Labute approximate surface area is 171 Å². The Balaban J connectivity index is 1.43. The Morgan fingerprint density at radius 2 is 1.75 bits per heavy atom. The van der Waals surface area contributed by atoms with E-state index in [1.807, 2.05) is 35.2 Å². The lowest BCUT2D eigenvalue weighted by molar-refractivity contribution is 0.0792. The van der Waals surface area contributed by atoms with E-state index in [-0.39, 0.29) is 11.9 Å². The van der Waals surface area contributed by atoms with Gasteiger partial charge in [0.25, 0.3) is 5.91 Å². The number of halogens is 1. The van der Waals surface area contributed by atoms with Gasteiger partial charge >= 0.3 is 0 Å². The summed E-state index contributed by atoms with van der Waals surface area (Å²) in [6.45, 7) is 4.63. The molecular weight excluding hydrogens is 372 g/mol. The van der Waals surface area contributed by atoms with Gasteiger partial charge in [0.1, 0.15) is 5.82 Å². The molecule has 2 aliphatic rings. The van der Waals surface area contributed by atoms with Crippen molar-refractivity contribution in [3.63, 3.8) is 0 Å². The van der Waals surface area contributed by atoms with Crippen molar-refractivity contribution in [3.8, 4) is 0 Å². The summed E-state index contributed by atoms with van der Waals surface area (Å²) >= 11 is 6.48. The van der Waals surface area contributed by atoms with E-state index in [9.17, 15) is 4.79 Å². The molecule has 4 rings (SSSR count). The molecule has 1 unspecified atom stereocenters. The minimum Gasteiger partial charge on any atom is -0.368 e. The molecule has 28 heavy (non-hydrogen) atoms. The molecule has 1 amide bonds. The van der Waals surface area contributed by atoms with E-state index in [0.717, 1.165) is 62.0 Å². The summed E-state index contributed by atoms with van der Waals surface area (Å²) in [6.07, 6.45) is 6.33. The highest BCUT2D eigenvalue weighted by Gasteiger charge is 2.25. The van der Waals surface area contributed by atoms with Crippen molar-refractivity contribution in [1.29, 1.82) is 0 Å². The second kappa shape index (κ2) is 8.93. The monoisotopic (exact) mass is 398 g/mol. The predicted molar refractivity (Wildman–Crippen MR) is 113 cm³/mol. The molecule has 0 aliphatic carbocycles. The number of amides is 1. The number of likely N-dealkylation sites (tertiary alicyclic amines) is 2. The third-order valence-corrected chi connectivity index (χ3v) is 6.07. The molecule has 5 nitrogen and oxygen atoms in total. The van der Waals surface area contributed by atoms with E-state index in [1.54, 1.807) is 6.20 Å². The van der Waals surface area contributed by atoms with Crippen LogP contribution in [0.5, 0.6) is 0 Å². The van der Waals surface area contributed by atoms with Crippen molar-refractivity contribution in [3.05, 3.63) is 58.7 Å². The Morgan fingerprint density at radius 1 is 1.04 bits per heavy atom. The molecule has 0 bridgehead atoms. The second-order valence-electron chi connectivity index (χ2n) is 7.59. The number of carbonyl (C=O) groups excluding carboxylic acids is 1. The zero-order valence-corrected chi connectivity index (χ0v) is 16.9. The van der Waals surface area contributed by atoms with Gasteiger partial charge in [-0.25, -0.2) is 4.98 Å². The van der Waals surface area contributed by atoms with Gasteiger partial charge in [0, 0.05) is 30.9 Å². The van der Waals surface area contributed by atoms with Crippen LogP contribution in [0.4, 0.5) is 5.82 Å². The van der Waals surface area contributed by atoms with Gasteiger partial charge in [-0.2, -0.15) is 0 Å². The highest BCUT2D eigenvalue weighted by Crippen LogP contribution is 2.30. The van der Waals surface area contributed by atoms with E-state index in [0.29, 0.717) is 5.56 Å². The van der Waals surface area contributed by atoms with Crippen LogP contribution in [0.2, 0.25) is 5.02 Å². The first kappa shape index (κ1) is 19.2. The van der Waals surface area contributed by atoms with Crippen LogP contribution in [0.1, 0.15) is 47.6 Å². The molecule has 3 heterocycles. The largest absolute Gasteiger partial charge is 0.368 e. The highest BCUT2D eigenvalue weighted by molar-refractivity contribution is 6.31. The smallest absolute Gasteiger partial charge is 0.255 e. The van der Waals surface area contributed by atoms with Gasteiger partial charge < -0.3 is 10.2 Å². The van der Waals surface area contributed by atoms with Crippen molar-refractivity contribution < 1.29 is 4.79 Å². The lowest BCUT2D eigenvalue weighted by Crippen LogP contribution is -2.31. The van der Waals surface area contributed by atoms with Crippen LogP contribution >= 0.6 is 11.6 Å². The van der Waals surface area contributed by atoms with Crippen molar-refractivity contribution in [2.24, 2.45) is 0 Å². The molecule has 2 aromatic rings. The number of aromatic nitrogens is 1. The zero-order valence-electron chi connectivity index (χ0n) is 16.1. The Bertz CT molecular complexity index is 798. The Morgan fingerprint density at radius 3 is 2.43 bits per heavy atom.